The van der Waals surface area contributed by atoms with Crippen LogP contribution in [0.5, 0.6) is 5.75 Å². The molecule has 3 rings (SSSR count). The van der Waals surface area contributed by atoms with Gasteiger partial charge in [-0.15, -0.1) is 0 Å². The zero-order valence-corrected chi connectivity index (χ0v) is 19.2. The molecule has 7 heteroatoms. The summed E-state index contributed by atoms with van der Waals surface area (Å²) in [6.45, 7) is 5.80. The molecule has 0 spiro atoms. The van der Waals surface area contributed by atoms with Crippen LogP contribution in [0.3, 0.4) is 0 Å². The first-order chi connectivity index (χ1) is 14.8. The molecule has 1 aliphatic rings. The van der Waals surface area contributed by atoms with Gasteiger partial charge in [-0.1, -0.05) is 24.3 Å². The van der Waals surface area contributed by atoms with Gasteiger partial charge in [0, 0.05) is 25.2 Å². The van der Waals surface area contributed by atoms with Crippen LogP contribution in [0, 0.1) is 0 Å². The van der Waals surface area contributed by atoms with Gasteiger partial charge >= 0.3 is 0 Å². The monoisotopic (exact) mass is 444 g/mol. The van der Waals surface area contributed by atoms with Crippen LogP contribution < -0.4 is 10.1 Å². The van der Waals surface area contributed by atoms with E-state index in [1.54, 1.807) is 28.6 Å². The first-order valence-electron chi connectivity index (χ1n) is 10.9. The van der Waals surface area contributed by atoms with E-state index in [1.165, 1.54) is 5.56 Å². The molecular formula is C24H32N2O4S. The highest BCUT2D eigenvalue weighted by Crippen LogP contribution is 2.18. The number of rotatable bonds is 10. The van der Waals surface area contributed by atoms with Gasteiger partial charge in [-0.3, -0.25) is 4.79 Å². The van der Waals surface area contributed by atoms with E-state index in [9.17, 15) is 13.2 Å². The number of amides is 1. The van der Waals surface area contributed by atoms with Crippen molar-refractivity contribution in [2.75, 3.05) is 19.6 Å². The molecule has 31 heavy (non-hydrogen) atoms. The van der Waals surface area contributed by atoms with Crippen molar-refractivity contribution in [3.63, 3.8) is 0 Å². The minimum absolute atomic E-state index is 0.0180. The van der Waals surface area contributed by atoms with Crippen molar-refractivity contribution in [1.29, 1.82) is 0 Å². The molecule has 0 atom stereocenters. The van der Waals surface area contributed by atoms with Gasteiger partial charge in [0.05, 0.1) is 11.9 Å². The standard InChI is InChI=1S/C24H32N2O4S/c1-19(2)30-23-13-9-20(10-14-23)6-5-15-25-24(27)22-11-7-21(8-12-22)18-31(28,29)26-16-3-4-17-26/h7-14,19H,3-6,15-18H2,1-2H3,(H,25,27). The lowest BCUT2D eigenvalue weighted by atomic mass is 10.1. The molecule has 0 unspecified atom stereocenters. The number of nitrogens with zero attached hydrogens (tertiary/aromatic N) is 1. The number of aryl methyl sites for hydroxylation is 1. The molecule has 6 nitrogen and oxygen atoms in total. The lowest BCUT2D eigenvalue weighted by molar-refractivity contribution is 0.0953. The highest BCUT2D eigenvalue weighted by Gasteiger charge is 2.25. The average molecular weight is 445 g/mol. The number of carbonyl (C=O) groups is 1. The Morgan fingerprint density at radius 1 is 1.00 bits per heavy atom. The number of ether oxygens (including phenoxy) is 1. The number of nitrogens with one attached hydrogen (secondary N) is 1. The van der Waals surface area contributed by atoms with E-state index >= 15 is 0 Å². The van der Waals surface area contributed by atoms with Crippen LogP contribution >= 0.6 is 0 Å². The smallest absolute Gasteiger partial charge is 0.251 e. The van der Waals surface area contributed by atoms with Gasteiger partial charge in [0.15, 0.2) is 0 Å². The summed E-state index contributed by atoms with van der Waals surface area (Å²) in [6.07, 6.45) is 3.72. The molecule has 1 N–H and O–H groups in total. The maximum Gasteiger partial charge on any atom is 0.251 e. The number of sulfonamides is 1. The van der Waals surface area contributed by atoms with Crippen LogP contribution in [0.2, 0.25) is 0 Å². The fourth-order valence-corrected chi connectivity index (χ4v) is 5.23. The Labute approximate surface area is 185 Å². The molecule has 1 fully saturated rings. The zero-order valence-electron chi connectivity index (χ0n) is 18.3. The number of carbonyl (C=O) groups excluding carboxylic acids is 1. The Morgan fingerprint density at radius 3 is 2.23 bits per heavy atom. The highest BCUT2D eigenvalue weighted by molar-refractivity contribution is 7.88. The van der Waals surface area contributed by atoms with Crippen molar-refractivity contribution >= 4 is 15.9 Å². The molecule has 2 aromatic carbocycles. The zero-order chi connectivity index (χ0) is 22.3. The first kappa shape index (κ1) is 23.3. The van der Waals surface area contributed by atoms with E-state index in [-0.39, 0.29) is 17.8 Å². The lowest BCUT2D eigenvalue weighted by Gasteiger charge is -2.15. The van der Waals surface area contributed by atoms with Crippen LogP contribution in [0.4, 0.5) is 0 Å². The summed E-state index contributed by atoms with van der Waals surface area (Å²) in [5.41, 5.74) is 2.44. The summed E-state index contributed by atoms with van der Waals surface area (Å²) in [7, 11) is -3.27. The Hall–Kier alpha value is -2.38. The third-order valence-corrected chi connectivity index (χ3v) is 7.10. The lowest BCUT2D eigenvalue weighted by Crippen LogP contribution is -2.29. The molecule has 1 aliphatic heterocycles. The third-order valence-electron chi connectivity index (χ3n) is 5.25. The SMILES string of the molecule is CC(C)Oc1ccc(CCCNC(=O)c2ccc(CS(=O)(=O)N3CCCC3)cc2)cc1. The predicted octanol–water partition coefficient (Wildman–Crippen LogP) is 3.76. The number of hydrogen-bond acceptors (Lipinski definition) is 4. The van der Waals surface area contributed by atoms with Gasteiger partial charge in [-0.25, -0.2) is 12.7 Å². The number of hydrogen-bond donors (Lipinski definition) is 1. The van der Waals surface area contributed by atoms with E-state index in [2.05, 4.69) is 17.4 Å². The fraction of sp³-hybridized carbons (Fsp3) is 0.458. The Kier molecular flexibility index (Phi) is 8.09. The van der Waals surface area contributed by atoms with Crippen molar-refractivity contribution in [1.82, 2.24) is 9.62 Å². The largest absolute Gasteiger partial charge is 0.491 e. The van der Waals surface area contributed by atoms with Crippen LogP contribution in [-0.4, -0.2) is 44.4 Å². The third kappa shape index (κ3) is 7.08. The summed E-state index contributed by atoms with van der Waals surface area (Å²) in [4.78, 5) is 12.4. The van der Waals surface area contributed by atoms with Gasteiger partial charge in [-0.05, 0) is 74.9 Å². The minimum Gasteiger partial charge on any atom is -0.491 e. The molecule has 1 amide bonds. The van der Waals surface area contributed by atoms with Crippen LogP contribution in [0.25, 0.3) is 0 Å². The van der Waals surface area contributed by atoms with Gasteiger partial charge < -0.3 is 10.1 Å². The van der Waals surface area contributed by atoms with Crippen LogP contribution in [-0.2, 0) is 22.2 Å². The Bertz CT molecular complexity index is 948. The molecular weight excluding hydrogens is 412 g/mol. The van der Waals surface area contributed by atoms with Crippen molar-refractivity contribution in [3.05, 3.63) is 65.2 Å². The van der Waals surface area contributed by atoms with Crippen molar-refractivity contribution < 1.29 is 17.9 Å². The summed E-state index contributed by atoms with van der Waals surface area (Å²) in [5.74, 6) is 0.703. The molecule has 0 aliphatic carbocycles. The molecule has 168 valence electrons. The second-order valence-corrected chi connectivity index (χ2v) is 10.2. The Morgan fingerprint density at radius 2 is 1.61 bits per heavy atom. The molecule has 0 bridgehead atoms. The molecule has 0 aromatic heterocycles. The Balaban J connectivity index is 1.42. The van der Waals surface area contributed by atoms with Crippen LogP contribution in [0.1, 0.15) is 54.6 Å². The second kappa shape index (κ2) is 10.8. The maximum absolute atomic E-state index is 12.4. The second-order valence-electron chi connectivity index (χ2n) is 8.23. The molecule has 1 heterocycles. The van der Waals surface area contributed by atoms with Crippen molar-refractivity contribution in [2.45, 2.75) is 51.4 Å². The first-order valence-corrected chi connectivity index (χ1v) is 12.5. The van der Waals surface area contributed by atoms with E-state index < -0.39 is 10.0 Å². The fourth-order valence-electron chi connectivity index (χ4n) is 3.62. The summed E-state index contributed by atoms with van der Waals surface area (Å²) < 4.78 is 32.0. The van der Waals surface area contributed by atoms with Gasteiger partial charge in [0.25, 0.3) is 5.91 Å². The van der Waals surface area contributed by atoms with Crippen molar-refractivity contribution in [2.24, 2.45) is 0 Å². The summed E-state index contributed by atoms with van der Waals surface area (Å²) >= 11 is 0. The van der Waals surface area contributed by atoms with Gasteiger partial charge in [0.1, 0.15) is 5.75 Å². The average Bonchev–Trinajstić information content (AvgIpc) is 3.28. The minimum atomic E-state index is -3.27. The van der Waals surface area contributed by atoms with E-state index in [1.807, 2.05) is 26.0 Å². The van der Waals surface area contributed by atoms with E-state index in [0.29, 0.717) is 30.8 Å². The topological polar surface area (TPSA) is 75.7 Å². The molecule has 2 aromatic rings. The van der Waals surface area contributed by atoms with Crippen molar-refractivity contribution in [3.8, 4) is 5.75 Å². The normalized spacial score (nSPS) is 14.7. The van der Waals surface area contributed by atoms with Crippen LogP contribution in [0.15, 0.2) is 48.5 Å². The van der Waals surface area contributed by atoms with E-state index in [0.717, 1.165) is 31.4 Å². The predicted molar refractivity (Wildman–Crippen MR) is 123 cm³/mol. The van der Waals surface area contributed by atoms with Gasteiger partial charge in [0.2, 0.25) is 10.0 Å². The quantitative estimate of drug-likeness (QED) is 0.566. The molecule has 0 saturated carbocycles. The summed E-state index contributed by atoms with van der Waals surface area (Å²) in [6, 6.07) is 14.9. The number of benzene rings is 2. The van der Waals surface area contributed by atoms with Gasteiger partial charge in [-0.2, -0.15) is 0 Å². The summed E-state index contributed by atoms with van der Waals surface area (Å²) in [5, 5.41) is 2.93. The molecule has 0 radical (unpaired) electrons. The highest BCUT2D eigenvalue weighted by atomic mass is 32.2. The maximum atomic E-state index is 12.4. The molecule has 1 saturated heterocycles. The van der Waals surface area contributed by atoms with E-state index in [4.69, 9.17) is 4.74 Å².